The Morgan fingerprint density at radius 3 is 2.62 bits per heavy atom. The molecular weight excluding hydrogens is 368 g/mol. The van der Waals surface area contributed by atoms with Crippen LogP contribution in [0.3, 0.4) is 0 Å². The van der Waals surface area contributed by atoms with E-state index < -0.39 is 0 Å². The van der Waals surface area contributed by atoms with Gasteiger partial charge in [0.2, 0.25) is 17.6 Å². The van der Waals surface area contributed by atoms with Gasteiger partial charge in [-0.05, 0) is 36.9 Å². The van der Waals surface area contributed by atoms with Gasteiger partial charge >= 0.3 is 0 Å². The van der Waals surface area contributed by atoms with Gasteiger partial charge in [0.25, 0.3) is 0 Å². The molecule has 0 saturated carbocycles. The van der Waals surface area contributed by atoms with E-state index in [2.05, 4.69) is 34.2 Å². The maximum atomic E-state index is 12.8. The van der Waals surface area contributed by atoms with Crippen LogP contribution in [0.1, 0.15) is 17.5 Å². The minimum atomic E-state index is 0.00367. The predicted molar refractivity (Wildman–Crippen MR) is 108 cm³/mol. The molecule has 2 heterocycles. The van der Waals surface area contributed by atoms with Gasteiger partial charge in [-0.15, -0.1) is 0 Å². The zero-order valence-corrected chi connectivity index (χ0v) is 16.6. The van der Waals surface area contributed by atoms with Crippen molar-refractivity contribution in [2.24, 2.45) is 0 Å². The molecule has 1 aliphatic rings. The molecule has 1 amide bonds. The van der Waals surface area contributed by atoms with Crippen LogP contribution in [0, 0.1) is 0 Å². The van der Waals surface area contributed by atoms with E-state index in [-0.39, 0.29) is 18.4 Å². The van der Waals surface area contributed by atoms with E-state index in [1.807, 2.05) is 47.4 Å². The summed E-state index contributed by atoms with van der Waals surface area (Å²) in [4.78, 5) is 21.4. The molecule has 2 aromatic carbocycles. The van der Waals surface area contributed by atoms with E-state index >= 15 is 0 Å². The number of benzene rings is 2. The molecule has 1 aromatic heterocycles. The average molecular weight is 392 g/mol. The molecule has 150 valence electrons. The van der Waals surface area contributed by atoms with Crippen molar-refractivity contribution >= 4 is 5.91 Å². The SMILES string of the molecule is COc1ccc(-c2noc(CC(=O)N3CCN(C)C(c4ccccc4)C3)n2)cc1. The Morgan fingerprint density at radius 1 is 1.14 bits per heavy atom. The number of methoxy groups -OCH3 is 1. The molecule has 1 atom stereocenters. The molecule has 0 spiro atoms. The third-order valence-corrected chi connectivity index (χ3v) is 5.30. The topological polar surface area (TPSA) is 71.7 Å². The van der Waals surface area contributed by atoms with Crippen LogP contribution in [0.25, 0.3) is 11.4 Å². The van der Waals surface area contributed by atoms with Crippen LogP contribution < -0.4 is 4.74 Å². The van der Waals surface area contributed by atoms with Gasteiger partial charge in [-0.2, -0.15) is 4.98 Å². The van der Waals surface area contributed by atoms with Crippen molar-refractivity contribution in [2.75, 3.05) is 33.8 Å². The summed E-state index contributed by atoms with van der Waals surface area (Å²) in [6.07, 6.45) is 0.106. The standard InChI is InChI=1S/C22H24N4O3/c1-25-12-13-26(15-19(25)16-6-4-3-5-7-16)21(27)14-20-23-22(24-29-20)17-8-10-18(28-2)11-9-17/h3-11,19H,12-15H2,1-2H3. The Labute approximate surface area is 169 Å². The van der Waals surface area contributed by atoms with Crippen LogP contribution in [-0.4, -0.2) is 59.6 Å². The van der Waals surface area contributed by atoms with Gasteiger partial charge in [0.05, 0.1) is 13.2 Å². The molecule has 0 radical (unpaired) electrons. The highest BCUT2D eigenvalue weighted by Crippen LogP contribution is 2.24. The third-order valence-electron chi connectivity index (χ3n) is 5.30. The first-order valence-electron chi connectivity index (χ1n) is 9.64. The van der Waals surface area contributed by atoms with Crippen molar-refractivity contribution in [2.45, 2.75) is 12.5 Å². The Balaban J connectivity index is 1.42. The van der Waals surface area contributed by atoms with Gasteiger partial charge in [0, 0.05) is 25.2 Å². The number of likely N-dealkylation sites (N-methyl/N-ethyl adjacent to an activating group) is 1. The van der Waals surface area contributed by atoms with E-state index in [9.17, 15) is 4.79 Å². The summed E-state index contributed by atoms with van der Waals surface area (Å²) in [6.45, 7) is 2.17. The Kier molecular flexibility index (Phi) is 5.57. The van der Waals surface area contributed by atoms with Crippen LogP contribution in [0.4, 0.5) is 0 Å². The lowest BCUT2D eigenvalue weighted by Crippen LogP contribution is -2.49. The van der Waals surface area contributed by atoms with Gasteiger partial charge in [-0.1, -0.05) is 35.5 Å². The van der Waals surface area contributed by atoms with Gasteiger partial charge in [-0.3, -0.25) is 9.69 Å². The lowest BCUT2D eigenvalue weighted by atomic mass is 10.0. The van der Waals surface area contributed by atoms with Gasteiger partial charge in [0.15, 0.2) is 0 Å². The second-order valence-electron chi connectivity index (χ2n) is 7.16. The summed E-state index contributed by atoms with van der Waals surface area (Å²) in [5.74, 6) is 1.56. The summed E-state index contributed by atoms with van der Waals surface area (Å²) in [6, 6.07) is 17.9. The molecule has 7 heteroatoms. The second kappa shape index (κ2) is 8.45. The Hall–Kier alpha value is -3.19. The molecule has 1 saturated heterocycles. The molecule has 3 aromatic rings. The average Bonchev–Trinajstić information content (AvgIpc) is 3.23. The number of ether oxygens (including phenoxy) is 1. The highest BCUT2D eigenvalue weighted by molar-refractivity contribution is 5.78. The van der Waals surface area contributed by atoms with Crippen LogP contribution in [-0.2, 0) is 11.2 Å². The van der Waals surface area contributed by atoms with E-state index in [1.54, 1.807) is 7.11 Å². The number of carbonyl (C=O) groups is 1. The number of hydrogen-bond donors (Lipinski definition) is 0. The van der Waals surface area contributed by atoms with Crippen molar-refractivity contribution in [1.29, 1.82) is 0 Å². The smallest absolute Gasteiger partial charge is 0.236 e. The number of hydrogen-bond acceptors (Lipinski definition) is 6. The van der Waals surface area contributed by atoms with Crippen molar-refractivity contribution < 1.29 is 14.1 Å². The number of rotatable bonds is 5. The minimum absolute atomic E-state index is 0.00367. The van der Waals surface area contributed by atoms with E-state index in [0.717, 1.165) is 17.9 Å². The van der Waals surface area contributed by atoms with Crippen LogP contribution >= 0.6 is 0 Å². The fourth-order valence-electron chi connectivity index (χ4n) is 3.56. The predicted octanol–water partition coefficient (Wildman–Crippen LogP) is 2.80. The summed E-state index contributed by atoms with van der Waals surface area (Å²) in [5.41, 5.74) is 2.03. The molecule has 0 aliphatic carbocycles. The monoisotopic (exact) mass is 392 g/mol. The largest absolute Gasteiger partial charge is 0.497 e. The van der Waals surface area contributed by atoms with Crippen LogP contribution in [0.2, 0.25) is 0 Å². The maximum Gasteiger partial charge on any atom is 0.236 e. The van der Waals surface area contributed by atoms with E-state index in [4.69, 9.17) is 9.26 Å². The first-order valence-corrected chi connectivity index (χ1v) is 9.64. The fourth-order valence-corrected chi connectivity index (χ4v) is 3.56. The summed E-state index contributed by atoms with van der Waals surface area (Å²) >= 11 is 0. The lowest BCUT2D eigenvalue weighted by Gasteiger charge is -2.39. The molecule has 0 N–H and O–H groups in total. The molecule has 1 fully saturated rings. The van der Waals surface area contributed by atoms with Gasteiger partial charge in [0.1, 0.15) is 12.2 Å². The number of amides is 1. The molecule has 1 unspecified atom stereocenters. The first kappa shape index (κ1) is 19.1. The van der Waals surface area contributed by atoms with Crippen LogP contribution in [0.5, 0.6) is 5.75 Å². The number of piperazine rings is 1. The molecule has 29 heavy (non-hydrogen) atoms. The van der Waals surface area contributed by atoms with Crippen molar-refractivity contribution in [3.8, 4) is 17.1 Å². The maximum absolute atomic E-state index is 12.8. The summed E-state index contributed by atoms with van der Waals surface area (Å²) in [7, 11) is 3.71. The molecule has 7 nitrogen and oxygen atoms in total. The lowest BCUT2D eigenvalue weighted by molar-refractivity contribution is -0.133. The van der Waals surface area contributed by atoms with E-state index in [1.165, 1.54) is 5.56 Å². The summed E-state index contributed by atoms with van der Waals surface area (Å²) < 4.78 is 10.5. The van der Waals surface area contributed by atoms with Crippen molar-refractivity contribution in [1.82, 2.24) is 19.9 Å². The highest BCUT2D eigenvalue weighted by Gasteiger charge is 2.29. The minimum Gasteiger partial charge on any atom is -0.497 e. The Bertz CT molecular complexity index is 956. The molecule has 0 bridgehead atoms. The zero-order valence-electron chi connectivity index (χ0n) is 16.6. The number of nitrogens with zero attached hydrogens (tertiary/aromatic N) is 4. The number of carbonyl (C=O) groups excluding carboxylic acids is 1. The number of aromatic nitrogens is 2. The molecule has 4 rings (SSSR count). The van der Waals surface area contributed by atoms with E-state index in [0.29, 0.717) is 24.8 Å². The normalized spacial score (nSPS) is 17.3. The van der Waals surface area contributed by atoms with Gasteiger partial charge < -0.3 is 14.2 Å². The quantitative estimate of drug-likeness (QED) is 0.665. The second-order valence-corrected chi connectivity index (χ2v) is 7.16. The molecule has 1 aliphatic heterocycles. The van der Waals surface area contributed by atoms with Crippen LogP contribution in [0.15, 0.2) is 59.1 Å². The highest BCUT2D eigenvalue weighted by atomic mass is 16.5. The van der Waals surface area contributed by atoms with Gasteiger partial charge in [-0.25, -0.2) is 0 Å². The molecular formula is C22H24N4O3. The summed E-state index contributed by atoms with van der Waals surface area (Å²) in [5, 5.41) is 4.01. The first-order chi connectivity index (χ1) is 14.1. The van der Waals surface area contributed by atoms with Crippen molar-refractivity contribution in [3.05, 3.63) is 66.1 Å². The zero-order chi connectivity index (χ0) is 20.2. The third kappa shape index (κ3) is 4.30. The fraction of sp³-hybridized carbons (Fsp3) is 0.318. The Morgan fingerprint density at radius 2 is 1.90 bits per heavy atom. The van der Waals surface area contributed by atoms with Crippen molar-refractivity contribution in [3.63, 3.8) is 0 Å².